The van der Waals surface area contributed by atoms with Gasteiger partial charge in [-0.25, -0.2) is 4.98 Å². The first-order valence-corrected chi connectivity index (χ1v) is 8.40. The predicted molar refractivity (Wildman–Crippen MR) is 73.6 cm³/mol. The van der Waals surface area contributed by atoms with Crippen LogP contribution >= 0.6 is 23.1 Å². The maximum Gasteiger partial charge on any atom is 0.434 e. The minimum Gasteiger partial charge on any atom is -0.305 e. The maximum atomic E-state index is 12.5. The molecule has 1 N–H and O–H groups in total. The molecule has 1 atom stereocenters. The van der Waals surface area contributed by atoms with Gasteiger partial charge in [0.15, 0.2) is 5.69 Å². The number of rotatable bonds is 4. The molecular weight excluding hydrogens is 293 g/mol. The molecule has 0 amide bonds. The lowest BCUT2D eigenvalue weighted by molar-refractivity contribution is -0.140. The fourth-order valence-electron chi connectivity index (χ4n) is 2.09. The van der Waals surface area contributed by atoms with E-state index in [9.17, 15) is 13.2 Å². The predicted octanol–water partition coefficient (Wildman–Crippen LogP) is 4.10. The van der Waals surface area contributed by atoms with E-state index in [1.54, 1.807) is 0 Å². The Morgan fingerprint density at radius 2 is 2.11 bits per heavy atom. The molecule has 0 radical (unpaired) electrons. The van der Waals surface area contributed by atoms with Gasteiger partial charge in [0, 0.05) is 11.4 Å². The number of hydrogen-bond acceptors (Lipinski definition) is 4. The molecule has 1 aromatic heterocycles. The summed E-state index contributed by atoms with van der Waals surface area (Å²) in [5, 5.41) is 5.11. The van der Waals surface area contributed by atoms with Crippen LogP contribution < -0.4 is 5.32 Å². The van der Waals surface area contributed by atoms with Crippen molar-refractivity contribution in [2.75, 3.05) is 11.5 Å². The second-order valence-electron chi connectivity index (χ2n) is 4.58. The van der Waals surface area contributed by atoms with Gasteiger partial charge in [0.2, 0.25) is 0 Å². The van der Waals surface area contributed by atoms with Gasteiger partial charge < -0.3 is 5.32 Å². The van der Waals surface area contributed by atoms with Crippen LogP contribution in [0, 0.1) is 0 Å². The van der Waals surface area contributed by atoms with E-state index in [1.807, 2.05) is 18.7 Å². The molecule has 7 heteroatoms. The van der Waals surface area contributed by atoms with Gasteiger partial charge in [0.25, 0.3) is 0 Å². The summed E-state index contributed by atoms with van der Waals surface area (Å²) in [5.41, 5.74) is -0.771. The van der Waals surface area contributed by atoms with E-state index >= 15 is 0 Å². The van der Waals surface area contributed by atoms with Crippen molar-refractivity contribution in [2.45, 2.75) is 44.4 Å². The van der Waals surface area contributed by atoms with Crippen LogP contribution in [0.2, 0.25) is 0 Å². The number of hydrogen-bond donors (Lipinski definition) is 1. The molecule has 1 aliphatic rings. The Morgan fingerprint density at radius 3 is 2.63 bits per heavy atom. The van der Waals surface area contributed by atoms with Crippen LogP contribution in [0.5, 0.6) is 0 Å². The molecule has 1 aromatic rings. The van der Waals surface area contributed by atoms with Gasteiger partial charge in [-0.05, 0) is 30.8 Å². The third-order valence-corrected chi connectivity index (χ3v) is 5.18. The fraction of sp³-hybridized carbons (Fsp3) is 0.750. The minimum atomic E-state index is -4.34. The van der Waals surface area contributed by atoms with Crippen molar-refractivity contribution in [3.05, 3.63) is 16.1 Å². The Kier molecular flexibility index (Phi) is 5.14. The summed E-state index contributed by atoms with van der Waals surface area (Å²) in [5.74, 6) is 2.25. The Hall–Kier alpha value is -0.270. The van der Waals surface area contributed by atoms with E-state index in [2.05, 4.69) is 10.3 Å². The van der Waals surface area contributed by atoms with Crippen LogP contribution in [0.1, 0.15) is 42.9 Å². The smallest absolute Gasteiger partial charge is 0.305 e. The Morgan fingerprint density at radius 1 is 1.42 bits per heavy atom. The molecule has 0 unspecified atom stereocenters. The van der Waals surface area contributed by atoms with Crippen LogP contribution in [0.25, 0.3) is 0 Å². The summed E-state index contributed by atoms with van der Waals surface area (Å²) in [6, 6.07) is 0.346. The second kappa shape index (κ2) is 6.45. The van der Waals surface area contributed by atoms with Gasteiger partial charge in [0.05, 0.1) is 6.04 Å². The van der Waals surface area contributed by atoms with E-state index < -0.39 is 11.9 Å². The zero-order valence-electron chi connectivity index (χ0n) is 10.7. The lowest BCUT2D eigenvalue weighted by Gasteiger charge is -2.26. The highest BCUT2D eigenvalue weighted by Gasteiger charge is 2.34. The van der Waals surface area contributed by atoms with Gasteiger partial charge in [-0.2, -0.15) is 24.9 Å². The standard InChI is InChI=1S/C12H17F3N2S2/c1-2-9(16-8-3-5-18-6-4-8)11-17-10(7-19-11)12(13,14)15/h7-9,16H,2-6H2,1H3/t9-/m0/s1. The van der Waals surface area contributed by atoms with E-state index in [0.29, 0.717) is 11.0 Å². The zero-order chi connectivity index (χ0) is 13.9. The van der Waals surface area contributed by atoms with Crippen LogP contribution in [0.15, 0.2) is 5.38 Å². The molecule has 0 bridgehead atoms. The van der Waals surface area contributed by atoms with Crippen molar-refractivity contribution in [1.82, 2.24) is 10.3 Å². The van der Waals surface area contributed by atoms with E-state index in [0.717, 1.165) is 47.5 Å². The quantitative estimate of drug-likeness (QED) is 0.906. The highest BCUT2D eigenvalue weighted by molar-refractivity contribution is 7.99. The SMILES string of the molecule is CC[C@H](NC1CCSCC1)c1nc(C(F)(F)F)cs1. The molecule has 1 fully saturated rings. The normalized spacial score (nSPS) is 19.6. The van der Waals surface area contributed by atoms with Crippen molar-refractivity contribution in [3.8, 4) is 0 Å². The van der Waals surface area contributed by atoms with Gasteiger partial charge in [-0.1, -0.05) is 6.92 Å². The monoisotopic (exact) mass is 310 g/mol. The number of alkyl halides is 3. The molecular formula is C12H17F3N2S2. The number of thiazole rings is 1. The molecule has 0 spiro atoms. The first-order chi connectivity index (χ1) is 9.00. The summed E-state index contributed by atoms with van der Waals surface area (Å²) in [4.78, 5) is 3.74. The highest BCUT2D eigenvalue weighted by Crippen LogP contribution is 2.33. The molecule has 0 saturated carbocycles. The third kappa shape index (κ3) is 4.10. The van der Waals surface area contributed by atoms with Crippen LogP contribution in [-0.2, 0) is 6.18 Å². The van der Waals surface area contributed by atoms with Crippen molar-refractivity contribution < 1.29 is 13.2 Å². The zero-order valence-corrected chi connectivity index (χ0v) is 12.3. The fourth-order valence-corrected chi connectivity index (χ4v) is 4.17. The summed E-state index contributed by atoms with van der Waals surface area (Å²) in [6.45, 7) is 1.98. The molecule has 108 valence electrons. The summed E-state index contributed by atoms with van der Waals surface area (Å²) in [7, 11) is 0. The highest BCUT2D eigenvalue weighted by atomic mass is 32.2. The average Bonchev–Trinajstić information content (AvgIpc) is 2.86. The molecule has 0 aliphatic carbocycles. The number of aromatic nitrogens is 1. The summed E-state index contributed by atoms with van der Waals surface area (Å²) < 4.78 is 37.6. The number of halogens is 3. The lowest BCUT2D eigenvalue weighted by Crippen LogP contribution is -2.35. The number of nitrogens with one attached hydrogen (secondary N) is 1. The Labute approximate surface area is 119 Å². The summed E-state index contributed by atoms with van der Waals surface area (Å²) >= 11 is 3.03. The van der Waals surface area contributed by atoms with Gasteiger partial charge in [-0.3, -0.25) is 0 Å². The summed E-state index contributed by atoms with van der Waals surface area (Å²) in [6.07, 6.45) is -1.42. The average molecular weight is 310 g/mol. The number of nitrogens with zero attached hydrogens (tertiary/aromatic N) is 1. The number of thioether (sulfide) groups is 1. The van der Waals surface area contributed by atoms with Crippen molar-refractivity contribution >= 4 is 23.1 Å². The van der Waals surface area contributed by atoms with Gasteiger partial charge in [-0.15, -0.1) is 11.3 Å². The van der Waals surface area contributed by atoms with E-state index in [1.165, 1.54) is 0 Å². The molecule has 1 saturated heterocycles. The van der Waals surface area contributed by atoms with Crippen molar-refractivity contribution in [2.24, 2.45) is 0 Å². The first-order valence-electron chi connectivity index (χ1n) is 6.37. The van der Waals surface area contributed by atoms with E-state index in [-0.39, 0.29) is 6.04 Å². The van der Waals surface area contributed by atoms with Crippen molar-refractivity contribution in [3.63, 3.8) is 0 Å². The lowest BCUT2D eigenvalue weighted by atomic mass is 10.1. The molecule has 2 nitrogen and oxygen atoms in total. The minimum absolute atomic E-state index is 0.0609. The van der Waals surface area contributed by atoms with Crippen LogP contribution in [-0.4, -0.2) is 22.5 Å². The molecule has 0 aromatic carbocycles. The van der Waals surface area contributed by atoms with Gasteiger partial charge in [0.1, 0.15) is 5.01 Å². The first kappa shape index (κ1) is 15.1. The molecule has 19 heavy (non-hydrogen) atoms. The topological polar surface area (TPSA) is 24.9 Å². The van der Waals surface area contributed by atoms with Gasteiger partial charge >= 0.3 is 6.18 Å². The third-order valence-electron chi connectivity index (χ3n) is 3.18. The van der Waals surface area contributed by atoms with Crippen molar-refractivity contribution in [1.29, 1.82) is 0 Å². The molecule has 2 rings (SSSR count). The maximum absolute atomic E-state index is 12.5. The molecule has 1 aliphatic heterocycles. The Bertz CT molecular complexity index is 400. The van der Waals surface area contributed by atoms with E-state index in [4.69, 9.17) is 0 Å². The van der Waals surface area contributed by atoms with Crippen LogP contribution in [0.4, 0.5) is 13.2 Å². The second-order valence-corrected chi connectivity index (χ2v) is 6.70. The largest absolute Gasteiger partial charge is 0.434 e. The van der Waals surface area contributed by atoms with Crippen LogP contribution in [0.3, 0.4) is 0 Å². The molecule has 2 heterocycles. The Balaban J connectivity index is 2.02.